The van der Waals surface area contributed by atoms with E-state index in [1.807, 2.05) is 29.2 Å². The minimum Gasteiger partial charge on any atom is -0.494 e. The topological polar surface area (TPSA) is 53.1 Å². The molecule has 0 radical (unpaired) electrons. The fraction of sp³-hybridized carbons (Fsp3) is 0.680. The van der Waals surface area contributed by atoms with E-state index in [-0.39, 0.29) is 11.8 Å². The highest BCUT2D eigenvalue weighted by molar-refractivity contribution is 5.94. The molecular formula is C25H39N3O3. The van der Waals surface area contributed by atoms with Crippen molar-refractivity contribution in [2.24, 2.45) is 5.92 Å². The average Bonchev–Trinajstić information content (AvgIpc) is 2.79. The summed E-state index contributed by atoms with van der Waals surface area (Å²) in [5.74, 6) is 1.42. The van der Waals surface area contributed by atoms with Crippen molar-refractivity contribution in [1.29, 1.82) is 0 Å². The summed E-state index contributed by atoms with van der Waals surface area (Å²) in [6.07, 6.45) is 5.30. The highest BCUT2D eigenvalue weighted by Crippen LogP contribution is 2.24. The van der Waals surface area contributed by atoms with Crippen LogP contribution in [-0.2, 0) is 9.59 Å². The van der Waals surface area contributed by atoms with Crippen molar-refractivity contribution in [3.63, 3.8) is 0 Å². The van der Waals surface area contributed by atoms with Crippen molar-refractivity contribution >= 4 is 17.5 Å². The maximum atomic E-state index is 12.9. The van der Waals surface area contributed by atoms with Crippen LogP contribution >= 0.6 is 0 Å². The molecule has 1 unspecified atom stereocenters. The molecule has 0 aromatic heterocycles. The summed E-state index contributed by atoms with van der Waals surface area (Å²) in [5, 5.41) is 0. The number of amides is 2. The summed E-state index contributed by atoms with van der Waals surface area (Å²) in [5.41, 5.74) is 0.950. The Hall–Kier alpha value is -2.08. The molecule has 6 heteroatoms. The van der Waals surface area contributed by atoms with Crippen molar-refractivity contribution in [2.75, 3.05) is 44.2 Å². The number of ether oxygens (including phenoxy) is 1. The molecule has 2 aliphatic rings. The van der Waals surface area contributed by atoms with Gasteiger partial charge in [0.25, 0.3) is 0 Å². The molecule has 0 aliphatic carbocycles. The monoisotopic (exact) mass is 429 g/mol. The van der Waals surface area contributed by atoms with Crippen LogP contribution in [0.1, 0.15) is 59.3 Å². The third-order valence-electron chi connectivity index (χ3n) is 6.64. The molecule has 0 spiro atoms. The second-order valence-corrected chi connectivity index (χ2v) is 9.05. The van der Waals surface area contributed by atoms with E-state index in [0.29, 0.717) is 25.0 Å². The first-order chi connectivity index (χ1) is 15.0. The van der Waals surface area contributed by atoms with E-state index in [9.17, 15) is 9.59 Å². The molecule has 3 rings (SSSR count). The molecule has 0 N–H and O–H groups in total. The summed E-state index contributed by atoms with van der Waals surface area (Å²) in [6, 6.07) is 8.36. The maximum absolute atomic E-state index is 12.9. The normalized spacial score (nSPS) is 19.0. The quantitative estimate of drug-likeness (QED) is 0.558. The van der Waals surface area contributed by atoms with E-state index in [1.165, 1.54) is 0 Å². The molecular weight excluding hydrogens is 390 g/mol. The minimum absolute atomic E-state index is 0.0849. The molecule has 2 amide bonds. The summed E-state index contributed by atoms with van der Waals surface area (Å²) in [7, 11) is 0. The van der Waals surface area contributed by atoms with Crippen LogP contribution < -0.4 is 9.64 Å². The van der Waals surface area contributed by atoms with Gasteiger partial charge in [0.1, 0.15) is 5.75 Å². The Morgan fingerprint density at radius 2 is 1.74 bits per heavy atom. The molecule has 6 nitrogen and oxygen atoms in total. The molecule has 0 saturated carbocycles. The van der Waals surface area contributed by atoms with Crippen molar-refractivity contribution in [1.82, 2.24) is 9.80 Å². The summed E-state index contributed by atoms with van der Waals surface area (Å²) in [4.78, 5) is 31.3. The third kappa shape index (κ3) is 6.45. The van der Waals surface area contributed by atoms with Gasteiger partial charge >= 0.3 is 0 Å². The van der Waals surface area contributed by atoms with Crippen LogP contribution in [-0.4, -0.2) is 67.0 Å². The molecule has 2 fully saturated rings. The van der Waals surface area contributed by atoms with Crippen LogP contribution in [0, 0.1) is 5.92 Å². The minimum atomic E-state index is 0.0849. The predicted octanol–water partition coefficient (Wildman–Crippen LogP) is 3.94. The van der Waals surface area contributed by atoms with Crippen LogP contribution in [0.4, 0.5) is 5.69 Å². The zero-order valence-electron chi connectivity index (χ0n) is 19.5. The van der Waals surface area contributed by atoms with E-state index in [0.717, 1.165) is 76.3 Å². The molecule has 172 valence electrons. The lowest BCUT2D eigenvalue weighted by Gasteiger charge is -2.38. The van der Waals surface area contributed by atoms with Crippen molar-refractivity contribution < 1.29 is 14.3 Å². The Labute approximate surface area is 187 Å². The molecule has 1 aromatic rings. The van der Waals surface area contributed by atoms with E-state index in [4.69, 9.17) is 4.74 Å². The van der Waals surface area contributed by atoms with Gasteiger partial charge in [-0.3, -0.25) is 14.5 Å². The third-order valence-corrected chi connectivity index (χ3v) is 6.64. The lowest BCUT2D eigenvalue weighted by atomic mass is 9.98. The van der Waals surface area contributed by atoms with Gasteiger partial charge in [-0.05, 0) is 70.2 Å². The van der Waals surface area contributed by atoms with Gasteiger partial charge in [0.2, 0.25) is 11.8 Å². The highest BCUT2D eigenvalue weighted by atomic mass is 16.5. The maximum Gasteiger partial charge on any atom is 0.226 e. The highest BCUT2D eigenvalue weighted by Gasteiger charge is 2.27. The molecule has 1 aromatic carbocycles. The first-order valence-corrected chi connectivity index (χ1v) is 12.1. The Bertz CT molecular complexity index is 711. The molecule has 0 bridgehead atoms. The largest absolute Gasteiger partial charge is 0.494 e. The fourth-order valence-corrected chi connectivity index (χ4v) is 4.54. The van der Waals surface area contributed by atoms with Gasteiger partial charge in [-0.25, -0.2) is 0 Å². The van der Waals surface area contributed by atoms with E-state index < -0.39 is 0 Å². The Kier molecular flexibility index (Phi) is 8.76. The second-order valence-electron chi connectivity index (χ2n) is 9.05. The number of anilines is 1. The lowest BCUT2D eigenvalue weighted by molar-refractivity contribution is -0.138. The number of piperazine rings is 1. The first kappa shape index (κ1) is 23.6. The molecule has 1 atom stereocenters. The molecule has 31 heavy (non-hydrogen) atoms. The summed E-state index contributed by atoms with van der Waals surface area (Å²) in [6.45, 7) is 11.6. The van der Waals surface area contributed by atoms with Crippen molar-refractivity contribution in [3.8, 4) is 5.75 Å². The van der Waals surface area contributed by atoms with Crippen LogP contribution in [0.5, 0.6) is 5.75 Å². The molecule has 2 heterocycles. The smallest absolute Gasteiger partial charge is 0.226 e. The first-order valence-electron chi connectivity index (χ1n) is 12.1. The summed E-state index contributed by atoms with van der Waals surface area (Å²) < 4.78 is 5.90. The van der Waals surface area contributed by atoms with Crippen LogP contribution in [0.25, 0.3) is 0 Å². The van der Waals surface area contributed by atoms with Gasteiger partial charge in [-0.2, -0.15) is 0 Å². The number of benzene rings is 1. The SMILES string of the molecule is CCC(CCCOc1ccc(N2CCCCC2=O)cc1)C(=O)N1CCN(C(C)C)CC1. The number of piperidine rings is 1. The van der Waals surface area contributed by atoms with E-state index in [2.05, 4.69) is 30.6 Å². The van der Waals surface area contributed by atoms with Crippen molar-refractivity contribution in [3.05, 3.63) is 24.3 Å². The number of rotatable bonds is 9. The van der Waals surface area contributed by atoms with Gasteiger partial charge in [0.15, 0.2) is 0 Å². The van der Waals surface area contributed by atoms with Gasteiger partial charge < -0.3 is 14.5 Å². The van der Waals surface area contributed by atoms with Crippen LogP contribution in [0.2, 0.25) is 0 Å². The van der Waals surface area contributed by atoms with Gasteiger partial charge in [0, 0.05) is 56.8 Å². The number of hydrogen-bond donors (Lipinski definition) is 0. The van der Waals surface area contributed by atoms with Gasteiger partial charge in [0.05, 0.1) is 6.61 Å². The summed E-state index contributed by atoms with van der Waals surface area (Å²) >= 11 is 0. The Morgan fingerprint density at radius 3 is 2.35 bits per heavy atom. The van der Waals surface area contributed by atoms with E-state index >= 15 is 0 Å². The number of hydrogen-bond acceptors (Lipinski definition) is 4. The van der Waals surface area contributed by atoms with E-state index in [1.54, 1.807) is 0 Å². The molecule has 2 aliphatic heterocycles. The Morgan fingerprint density at radius 1 is 1.03 bits per heavy atom. The fourth-order valence-electron chi connectivity index (χ4n) is 4.54. The number of carbonyl (C=O) groups is 2. The van der Waals surface area contributed by atoms with Gasteiger partial charge in [-0.15, -0.1) is 0 Å². The zero-order chi connectivity index (χ0) is 22.2. The number of nitrogens with zero attached hydrogens (tertiary/aromatic N) is 3. The number of carbonyl (C=O) groups excluding carboxylic acids is 2. The predicted molar refractivity (Wildman–Crippen MR) is 124 cm³/mol. The average molecular weight is 430 g/mol. The lowest BCUT2D eigenvalue weighted by Crippen LogP contribution is -2.52. The zero-order valence-corrected chi connectivity index (χ0v) is 19.5. The van der Waals surface area contributed by atoms with Gasteiger partial charge in [-0.1, -0.05) is 6.92 Å². The van der Waals surface area contributed by atoms with Crippen molar-refractivity contribution in [2.45, 2.75) is 65.3 Å². The molecule has 2 saturated heterocycles. The standard InChI is InChI=1S/C25H39N3O3/c1-4-21(25(30)27-17-15-26(16-18-27)20(2)3)8-7-19-31-23-12-10-22(11-13-23)28-14-6-5-9-24(28)29/h10-13,20-21H,4-9,14-19H2,1-3H3. The van der Waals surface area contributed by atoms with Crippen LogP contribution in [0.15, 0.2) is 24.3 Å². The van der Waals surface area contributed by atoms with Crippen LogP contribution in [0.3, 0.4) is 0 Å². The second kappa shape index (κ2) is 11.5. The Balaban J connectivity index is 1.40.